The molecule has 0 saturated heterocycles. The molecule has 8 nitrogen and oxygen atoms in total. The average molecular weight is 572 g/mol. The van der Waals surface area contributed by atoms with Gasteiger partial charge in [-0.25, -0.2) is 21.1 Å². The predicted octanol–water partition coefficient (Wildman–Crippen LogP) is 5.30. The third kappa shape index (κ3) is 5.02. The molecule has 0 bridgehead atoms. The van der Waals surface area contributed by atoms with Gasteiger partial charge in [0.2, 0.25) is 15.7 Å². The molecule has 0 aliphatic heterocycles. The van der Waals surface area contributed by atoms with Crippen LogP contribution in [0.3, 0.4) is 0 Å². The van der Waals surface area contributed by atoms with Gasteiger partial charge in [-0.05, 0) is 49.4 Å². The molecule has 0 spiro atoms. The summed E-state index contributed by atoms with van der Waals surface area (Å²) in [7, 11) is -8.86. The van der Waals surface area contributed by atoms with Crippen LogP contribution in [0.2, 0.25) is 5.02 Å². The number of fused-ring (bicyclic) bond motifs is 1. The van der Waals surface area contributed by atoms with Crippen molar-refractivity contribution >= 4 is 59.8 Å². The van der Waals surface area contributed by atoms with Crippen molar-refractivity contribution < 1.29 is 31.2 Å². The van der Waals surface area contributed by atoms with E-state index in [-0.39, 0.29) is 32.0 Å². The Morgan fingerprint density at radius 2 is 1.34 bits per heavy atom. The lowest BCUT2D eigenvalue weighted by Crippen LogP contribution is -2.35. The first-order chi connectivity index (χ1) is 17.8. The summed E-state index contributed by atoms with van der Waals surface area (Å²) in [5, 5.41) is 0.601. The summed E-state index contributed by atoms with van der Waals surface area (Å²) < 4.78 is 61.0. The van der Waals surface area contributed by atoms with Gasteiger partial charge in [0.25, 0.3) is 10.0 Å². The standard InChI is InChI=1S/C27H22ClNO7S2/c1-17-8-12-21(13-9-17)37(32,33)26-16-25(23-6-4-5-7-24(23)27(26)36-19(3)31)29(18(2)30)38(34,35)22-14-10-20(28)11-15-22/h4-16H,1-3H3. The Kier molecular flexibility index (Phi) is 7.33. The van der Waals surface area contributed by atoms with E-state index < -0.39 is 36.6 Å². The Morgan fingerprint density at radius 3 is 1.89 bits per heavy atom. The zero-order chi connectivity index (χ0) is 27.8. The fourth-order valence-corrected chi connectivity index (χ4v) is 6.92. The molecule has 38 heavy (non-hydrogen) atoms. The number of aryl methyl sites for hydroxylation is 1. The third-order valence-electron chi connectivity index (χ3n) is 5.66. The summed E-state index contributed by atoms with van der Waals surface area (Å²) >= 11 is 5.91. The number of rotatable bonds is 6. The normalized spacial score (nSPS) is 11.8. The van der Waals surface area contributed by atoms with Gasteiger partial charge in [0.05, 0.1) is 15.5 Å². The number of carbonyl (C=O) groups excluding carboxylic acids is 2. The van der Waals surface area contributed by atoms with Crippen LogP contribution in [0.4, 0.5) is 5.69 Å². The molecule has 4 aromatic carbocycles. The largest absolute Gasteiger partial charge is 0.425 e. The molecular weight excluding hydrogens is 550 g/mol. The minimum absolute atomic E-state index is 0.104. The molecule has 0 aromatic heterocycles. The van der Waals surface area contributed by atoms with E-state index in [0.29, 0.717) is 9.33 Å². The maximum Gasteiger partial charge on any atom is 0.308 e. The lowest BCUT2D eigenvalue weighted by molar-refractivity contribution is -0.132. The van der Waals surface area contributed by atoms with Crippen LogP contribution < -0.4 is 9.04 Å². The fourth-order valence-electron chi connectivity index (χ4n) is 3.95. The number of halogens is 1. The van der Waals surface area contributed by atoms with Gasteiger partial charge in [0.1, 0.15) is 4.90 Å². The molecule has 0 aliphatic rings. The zero-order valence-electron chi connectivity index (χ0n) is 20.5. The van der Waals surface area contributed by atoms with Crippen LogP contribution >= 0.6 is 11.6 Å². The summed E-state index contributed by atoms with van der Waals surface area (Å²) in [5.41, 5.74) is 0.602. The van der Waals surface area contributed by atoms with Crippen molar-refractivity contribution in [2.75, 3.05) is 4.31 Å². The molecule has 0 radical (unpaired) electrons. The van der Waals surface area contributed by atoms with Gasteiger partial charge in [0.15, 0.2) is 5.75 Å². The summed E-state index contributed by atoms with van der Waals surface area (Å²) in [6.07, 6.45) is 0. The minimum Gasteiger partial charge on any atom is -0.425 e. The van der Waals surface area contributed by atoms with Crippen molar-refractivity contribution in [3.8, 4) is 5.75 Å². The molecule has 4 aromatic rings. The van der Waals surface area contributed by atoms with E-state index in [1.54, 1.807) is 31.2 Å². The molecule has 0 heterocycles. The van der Waals surface area contributed by atoms with Gasteiger partial charge >= 0.3 is 5.97 Å². The van der Waals surface area contributed by atoms with E-state index in [1.807, 2.05) is 0 Å². The molecule has 196 valence electrons. The number of sulfone groups is 1. The molecule has 0 atom stereocenters. The SMILES string of the molecule is CC(=O)Oc1c(S(=O)(=O)c2ccc(C)cc2)cc(N(C(C)=O)S(=O)(=O)c2ccc(Cl)cc2)c2ccccc12. The van der Waals surface area contributed by atoms with Crippen LogP contribution in [0.1, 0.15) is 19.4 Å². The van der Waals surface area contributed by atoms with Crippen LogP contribution in [0.15, 0.2) is 93.5 Å². The van der Waals surface area contributed by atoms with Crippen molar-refractivity contribution in [1.29, 1.82) is 0 Å². The third-order valence-corrected chi connectivity index (χ3v) is 9.49. The van der Waals surface area contributed by atoms with Gasteiger partial charge in [-0.15, -0.1) is 0 Å². The van der Waals surface area contributed by atoms with E-state index in [4.69, 9.17) is 16.3 Å². The van der Waals surface area contributed by atoms with E-state index in [0.717, 1.165) is 25.5 Å². The molecule has 0 fully saturated rings. The second-order valence-corrected chi connectivity index (χ2v) is 12.6. The molecule has 1 amide bonds. The maximum absolute atomic E-state index is 13.8. The highest BCUT2D eigenvalue weighted by atomic mass is 35.5. The molecule has 0 unspecified atom stereocenters. The minimum atomic E-state index is -4.51. The Balaban J connectivity index is 2.11. The van der Waals surface area contributed by atoms with Crippen LogP contribution in [0.5, 0.6) is 5.75 Å². The smallest absolute Gasteiger partial charge is 0.308 e. The van der Waals surface area contributed by atoms with E-state index >= 15 is 0 Å². The quantitative estimate of drug-likeness (QED) is 0.228. The van der Waals surface area contributed by atoms with Crippen molar-refractivity contribution in [3.05, 3.63) is 89.4 Å². The van der Waals surface area contributed by atoms with Gasteiger partial charge in [-0.1, -0.05) is 53.6 Å². The number of anilines is 1. The molecule has 0 aliphatic carbocycles. The summed E-state index contributed by atoms with van der Waals surface area (Å²) in [6.45, 7) is 3.97. The maximum atomic E-state index is 13.8. The highest BCUT2D eigenvalue weighted by molar-refractivity contribution is 7.93. The van der Waals surface area contributed by atoms with E-state index in [9.17, 15) is 26.4 Å². The van der Waals surface area contributed by atoms with Gasteiger partial charge in [-0.3, -0.25) is 9.59 Å². The van der Waals surface area contributed by atoms with Crippen LogP contribution in [0, 0.1) is 6.92 Å². The fraction of sp³-hybridized carbons (Fsp3) is 0.111. The average Bonchev–Trinajstić information content (AvgIpc) is 2.85. The number of benzene rings is 4. The Morgan fingerprint density at radius 1 is 0.789 bits per heavy atom. The van der Waals surface area contributed by atoms with E-state index in [1.165, 1.54) is 48.5 Å². The number of amides is 1. The molecule has 4 rings (SSSR count). The summed E-state index contributed by atoms with van der Waals surface area (Å²) in [6, 6.07) is 18.4. The topological polar surface area (TPSA) is 115 Å². The summed E-state index contributed by atoms with van der Waals surface area (Å²) in [5.74, 6) is -1.94. The second kappa shape index (κ2) is 10.2. The molecule has 0 N–H and O–H groups in total. The van der Waals surface area contributed by atoms with Gasteiger partial charge < -0.3 is 4.74 Å². The summed E-state index contributed by atoms with van der Waals surface area (Å²) in [4.78, 5) is 24.1. The highest BCUT2D eigenvalue weighted by Gasteiger charge is 2.34. The number of hydrogen-bond donors (Lipinski definition) is 0. The van der Waals surface area contributed by atoms with Crippen molar-refractivity contribution in [2.24, 2.45) is 0 Å². The number of ether oxygens (including phenoxy) is 1. The molecular formula is C27H22ClNO7S2. The lowest BCUT2D eigenvalue weighted by Gasteiger charge is -2.25. The Bertz CT molecular complexity index is 1780. The number of esters is 1. The Labute approximate surface area is 225 Å². The number of nitrogens with zero attached hydrogens (tertiary/aromatic N) is 1. The first kappa shape index (κ1) is 27.3. The number of sulfonamides is 1. The van der Waals surface area contributed by atoms with Crippen LogP contribution in [-0.4, -0.2) is 28.7 Å². The first-order valence-corrected chi connectivity index (χ1v) is 14.5. The monoisotopic (exact) mass is 571 g/mol. The van der Waals surface area contributed by atoms with Gasteiger partial charge in [-0.2, -0.15) is 0 Å². The number of carbonyl (C=O) groups is 2. The van der Waals surface area contributed by atoms with Gasteiger partial charge in [0, 0.05) is 29.6 Å². The lowest BCUT2D eigenvalue weighted by atomic mass is 10.1. The molecule has 11 heteroatoms. The first-order valence-electron chi connectivity index (χ1n) is 11.2. The predicted molar refractivity (Wildman–Crippen MR) is 144 cm³/mol. The van der Waals surface area contributed by atoms with Crippen LogP contribution in [-0.2, 0) is 29.4 Å². The van der Waals surface area contributed by atoms with Crippen molar-refractivity contribution in [3.63, 3.8) is 0 Å². The van der Waals surface area contributed by atoms with E-state index in [2.05, 4.69) is 0 Å². The number of hydrogen-bond acceptors (Lipinski definition) is 7. The second-order valence-electron chi connectivity index (χ2n) is 8.42. The van der Waals surface area contributed by atoms with Crippen LogP contribution in [0.25, 0.3) is 10.8 Å². The zero-order valence-corrected chi connectivity index (χ0v) is 22.9. The highest BCUT2D eigenvalue weighted by Crippen LogP contribution is 2.43. The van der Waals surface area contributed by atoms with Crippen molar-refractivity contribution in [2.45, 2.75) is 35.5 Å². The van der Waals surface area contributed by atoms with Crippen molar-refractivity contribution in [1.82, 2.24) is 0 Å². The molecule has 0 saturated carbocycles. The Hall–Kier alpha value is -3.73.